The lowest BCUT2D eigenvalue weighted by molar-refractivity contribution is -0.151. The first kappa shape index (κ1) is 21.9. The van der Waals surface area contributed by atoms with Gasteiger partial charge in [0.15, 0.2) is 0 Å². The van der Waals surface area contributed by atoms with E-state index >= 15 is 0 Å². The van der Waals surface area contributed by atoms with E-state index in [0.717, 1.165) is 25.0 Å². The van der Waals surface area contributed by atoms with Crippen LogP contribution in [-0.4, -0.2) is 31.4 Å². The maximum Gasteiger partial charge on any atom is 0.306 e. The molecule has 0 N–H and O–H groups in total. The molecule has 1 aromatic rings. The molecule has 0 spiro atoms. The number of ether oxygens (including phenoxy) is 3. The van der Waals surface area contributed by atoms with Gasteiger partial charge in [-0.1, -0.05) is 82.2 Å². The maximum atomic E-state index is 11.5. The van der Waals surface area contributed by atoms with E-state index in [-0.39, 0.29) is 18.2 Å². The number of hydrogen-bond acceptors (Lipinski definition) is 4. The van der Waals surface area contributed by atoms with Crippen LogP contribution in [0.15, 0.2) is 30.3 Å². The normalized spacial score (nSPS) is 17.8. The molecule has 0 aliphatic carbocycles. The first-order chi connectivity index (χ1) is 13.3. The van der Waals surface area contributed by atoms with E-state index in [9.17, 15) is 4.79 Å². The van der Waals surface area contributed by atoms with Crippen molar-refractivity contribution in [3.63, 3.8) is 0 Å². The van der Waals surface area contributed by atoms with Gasteiger partial charge in [0.2, 0.25) is 0 Å². The molecule has 2 atom stereocenters. The van der Waals surface area contributed by atoms with E-state index in [0.29, 0.717) is 19.6 Å². The summed E-state index contributed by atoms with van der Waals surface area (Å²) in [6, 6.07) is 10.1. The lowest BCUT2D eigenvalue weighted by Crippen LogP contribution is -2.33. The number of carbonyl (C=O) groups excluding carboxylic acids is 1. The molecule has 0 aromatic heterocycles. The number of rotatable bonds is 15. The van der Waals surface area contributed by atoms with Crippen LogP contribution in [-0.2, 0) is 25.6 Å². The lowest BCUT2D eigenvalue weighted by Gasteiger charge is -2.23. The summed E-state index contributed by atoms with van der Waals surface area (Å²) in [5.41, 5.74) is 1.12. The topological polar surface area (TPSA) is 44.8 Å². The molecule has 1 saturated heterocycles. The van der Waals surface area contributed by atoms with Gasteiger partial charge < -0.3 is 14.2 Å². The third kappa shape index (κ3) is 9.39. The summed E-state index contributed by atoms with van der Waals surface area (Å²) in [7, 11) is 0. The van der Waals surface area contributed by atoms with Gasteiger partial charge in [-0.3, -0.25) is 4.79 Å². The quantitative estimate of drug-likeness (QED) is 0.302. The Morgan fingerprint density at radius 1 is 1.04 bits per heavy atom. The molecule has 4 heteroatoms. The highest BCUT2D eigenvalue weighted by Crippen LogP contribution is 2.21. The molecule has 1 fully saturated rings. The third-order valence-electron chi connectivity index (χ3n) is 5.06. The first-order valence-corrected chi connectivity index (χ1v) is 10.7. The van der Waals surface area contributed by atoms with Crippen molar-refractivity contribution in [1.29, 1.82) is 0 Å². The fourth-order valence-corrected chi connectivity index (χ4v) is 3.39. The van der Waals surface area contributed by atoms with Gasteiger partial charge in [-0.05, 0) is 18.4 Å². The Kier molecular flexibility index (Phi) is 11.1. The van der Waals surface area contributed by atoms with E-state index in [2.05, 4.69) is 6.92 Å². The Hall–Kier alpha value is -1.39. The Balaban J connectivity index is 1.61. The van der Waals surface area contributed by atoms with Crippen molar-refractivity contribution >= 4 is 5.97 Å². The molecular weight excluding hydrogens is 340 g/mol. The highest BCUT2D eigenvalue weighted by molar-refractivity contribution is 5.71. The van der Waals surface area contributed by atoms with Gasteiger partial charge >= 0.3 is 5.97 Å². The second-order valence-electron chi connectivity index (χ2n) is 7.45. The summed E-state index contributed by atoms with van der Waals surface area (Å²) >= 11 is 0. The number of hydrogen-bond donors (Lipinski definition) is 0. The van der Waals surface area contributed by atoms with Gasteiger partial charge in [-0.25, -0.2) is 0 Å². The van der Waals surface area contributed by atoms with E-state index in [1.165, 1.54) is 44.9 Å². The largest absolute Gasteiger partial charge is 0.459 e. The molecule has 0 amide bonds. The smallest absolute Gasteiger partial charge is 0.306 e. The molecule has 1 aliphatic heterocycles. The first-order valence-electron chi connectivity index (χ1n) is 10.7. The molecule has 0 radical (unpaired) electrons. The van der Waals surface area contributed by atoms with Crippen LogP contribution in [0.4, 0.5) is 0 Å². The van der Waals surface area contributed by atoms with Crippen LogP contribution in [0.3, 0.4) is 0 Å². The molecule has 1 heterocycles. The Morgan fingerprint density at radius 3 is 2.41 bits per heavy atom. The predicted octanol–water partition coefficient (Wildman–Crippen LogP) is 5.43. The molecule has 152 valence electrons. The summed E-state index contributed by atoms with van der Waals surface area (Å²) in [6.07, 6.45) is 11.2. The van der Waals surface area contributed by atoms with E-state index in [1.54, 1.807) is 0 Å². The number of unbranched alkanes of at least 4 members (excludes halogenated alkanes) is 7. The van der Waals surface area contributed by atoms with Crippen LogP contribution in [0, 0.1) is 0 Å². The van der Waals surface area contributed by atoms with Crippen molar-refractivity contribution in [2.45, 2.75) is 89.9 Å². The van der Waals surface area contributed by atoms with E-state index < -0.39 is 0 Å². The van der Waals surface area contributed by atoms with Crippen molar-refractivity contribution in [2.24, 2.45) is 0 Å². The zero-order chi connectivity index (χ0) is 19.2. The minimum atomic E-state index is -0.189. The minimum absolute atomic E-state index is 0.128. The standard InChI is InChI=1S/C23H36O4/c1-2-3-4-5-6-7-8-12-17-25-19-22(21-15-16-23(24)27-21)26-18-20-13-10-9-11-14-20/h9-11,13-14,21-22H,2-8,12,15-19H2,1H3/t21-,22-/m0/s1. The summed E-state index contributed by atoms with van der Waals surface area (Å²) in [5, 5.41) is 0. The second-order valence-corrected chi connectivity index (χ2v) is 7.45. The molecule has 1 aromatic carbocycles. The van der Waals surface area contributed by atoms with Crippen molar-refractivity contribution in [2.75, 3.05) is 13.2 Å². The Labute approximate surface area is 164 Å². The molecule has 0 unspecified atom stereocenters. The molecular formula is C23H36O4. The van der Waals surface area contributed by atoms with Crippen molar-refractivity contribution in [3.8, 4) is 0 Å². The fraction of sp³-hybridized carbons (Fsp3) is 0.696. The van der Waals surface area contributed by atoms with E-state index in [1.807, 2.05) is 30.3 Å². The monoisotopic (exact) mass is 376 g/mol. The van der Waals surface area contributed by atoms with Crippen LogP contribution in [0.5, 0.6) is 0 Å². The number of carbonyl (C=O) groups is 1. The van der Waals surface area contributed by atoms with Crippen LogP contribution in [0.1, 0.15) is 76.7 Å². The highest BCUT2D eigenvalue weighted by atomic mass is 16.6. The minimum Gasteiger partial charge on any atom is -0.459 e. The van der Waals surface area contributed by atoms with E-state index in [4.69, 9.17) is 14.2 Å². The number of esters is 1. The summed E-state index contributed by atoms with van der Waals surface area (Å²) in [6.45, 7) is 4.00. The zero-order valence-electron chi connectivity index (χ0n) is 16.9. The van der Waals surface area contributed by atoms with Gasteiger partial charge in [0.05, 0.1) is 13.2 Å². The van der Waals surface area contributed by atoms with Crippen molar-refractivity contribution < 1.29 is 19.0 Å². The van der Waals surface area contributed by atoms with Gasteiger partial charge in [0, 0.05) is 13.0 Å². The second kappa shape index (κ2) is 13.7. The Bertz CT molecular complexity index is 502. The van der Waals surface area contributed by atoms with Crippen LogP contribution >= 0.6 is 0 Å². The summed E-state index contributed by atoms with van der Waals surface area (Å²) in [5.74, 6) is -0.128. The number of benzene rings is 1. The molecule has 27 heavy (non-hydrogen) atoms. The molecule has 0 bridgehead atoms. The predicted molar refractivity (Wildman–Crippen MR) is 108 cm³/mol. The van der Waals surface area contributed by atoms with Crippen LogP contribution in [0.2, 0.25) is 0 Å². The van der Waals surface area contributed by atoms with Crippen LogP contribution < -0.4 is 0 Å². The van der Waals surface area contributed by atoms with Crippen molar-refractivity contribution in [1.82, 2.24) is 0 Å². The van der Waals surface area contributed by atoms with Gasteiger partial charge in [-0.2, -0.15) is 0 Å². The fourth-order valence-electron chi connectivity index (χ4n) is 3.39. The average molecular weight is 377 g/mol. The zero-order valence-corrected chi connectivity index (χ0v) is 16.9. The third-order valence-corrected chi connectivity index (χ3v) is 5.06. The van der Waals surface area contributed by atoms with Gasteiger partial charge in [0.1, 0.15) is 12.2 Å². The SMILES string of the molecule is CCCCCCCCCCOC[C@H](OCc1ccccc1)[C@@H]1CCC(=O)O1. The van der Waals surface area contributed by atoms with Crippen molar-refractivity contribution in [3.05, 3.63) is 35.9 Å². The summed E-state index contributed by atoms with van der Waals surface area (Å²) in [4.78, 5) is 11.5. The highest BCUT2D eigenvalue weighted by Gasteiger charge is 2.32. The number of cyclic esters (lactones) is 1. The molecule has 1 aliphatic rings. The average Bonchev–Trinajstić information content (AvgIpc) is 3.12. The van der Waals surface area contributed by atoms with Gasteiger partial charge in [0.25, 0.3) is 0 Å². The molecule has 0 saturated carbocycles. The van der Waals surface area contributed by atoms with Crippen LogP contribution in [0.25, 0.3) is 0 Å². The molecule has 2 rings (SSSR count). The van der Waals surface area contributed by atoms with Gasteiger partial charge in [-0.15, -0.1) is 0 Å². The summed E-state index contributed by atoms with van der Waals surface area (Å²) < 4.78 is 17.3. The lowest BCUT2D eigenvalue weighted by atomic mass is 10.1. The molecule has 4 nitrogen and oxygen atoms in total. The Morgan fingerprint density at radius 2 is 1.74 bits per heavy atom. The maximum absolute atomic E-state index is 11.5.